The topological polar surface area (TPSA) is 55.1 Å². The highest BCUT2D eigenvalue weighted by molar-refractivity contribution is 6.31. The van der Waals surface area contributed by atoms with Crippen molar-refractivity contribution in [2.24, 2.45) is 11.7 Å². The fourth-order valence-corrected chi connectivity index (χ4v) is 4.04. The molecular weight excluding hydrogens is 308 g/mol. The van der Waals surface area contributed by atoms with E-state index < -0.39 is 0 Å². The van der Waals surface area contributed by atoms with Crippen molar-refractivity contribution in [3.63, 3.8) is 0 Å². The molecule has 1 amide bonds. The number of fused-ring (bicyclic) bond motifs is 3. The Labute approximate surface area is 140 Å². The van der Waals surface area contributed by atoms with Gasteiger partial charge >= 0.3 is 0 Å². The summed E-state index contributed by atoms with van der Waals surface area (Å²) in [5, 5.41) is 4.40. The van der Waals surface area contributed by atoms with Crippen LogP contribution in [0.2, 0.25) is 5.02 Å². The van der Waals surface area contributed by atoms with Crippen molar-refractivity contribution in [2.75, 3.05) is 5.32 Å². The predicted octanol–water partition coefficient (Wildman–Crippen LogP) is 4.27. The first kappa shape index (κ1) is 14.3. The van der Waals surface area contributed by atoms with Crippen LogP contribution in [0.1, 0.15) is 39.9 Å². The fourth-order valence-electron chi connectivity index (χ4n) is 3.78. The van der Waals surface area contributed by atoms with Crippen LogP contribution in [0.4, 0.5) is 5.69 Å². The lowest BCUT2D eigenvalue weighted by atomic mass is 9.76. The van der Waals surface area contributed by atoms with E-state index in [1.54, 1.807) is 6.07 Å². The minimum atomic E-state index is -0.389. The third kappa shape index (κ3) is 2.32. The van der Waals surface area contributed by atoms with Gasteiger partial charge in [0.05, 0.1) is 6.04 Å². The molecule has 1 aliphatic heterocycles. The number of nitrogens with two attached hydrogens (primary N) is 1. The Morgan fingerprint density at radius 1 is 1.17 bits per heavy atom. The molecule has 1 aliphatic carbocycles. The van der Waals surface area contributed by atoms with Gasteiger partial charge in [0, 0.05) is 22.2 Å². The molecule has 4 heteroatoms. The summed E-state index contributed by atoms with van der Waals surface area (Å²) in [4.78, 5) is 11.5. The number of hydrogen-bond acceptors (Lipinski definition) is 2. The second-order valence-corrected chi connectivity index (χ2v) is 6.57. The standard InChI is InChI=1S/C19H17ClN2O/c20-16-7-2-1-4-14(16)18-13-6-3-5-12(13)15-10-11(19(21)23)8-9-17(15)22-18/h1-5,7-10,12-13,18,22H,6H2,(H2,21,23). The molecule has 3 unspecified atom stereocenters. The summed E-state index contributed by atoms with van der Waals surface area (Å²) in [7, 11) is 0. The number of hydrogen-bond donors (Lipinski definition) is 2. The molecule has 0 bridgehead atoms. The van der Waals surface area contributed by atoms with Gasteiger partial charge in [-0.3, -0.25) is 4.79 Å². The van der Waals surface area contributed by atoms with Crippen LogP contribution in [0.3, 0.4) is 0 Å². The number of allylic oxidation sites excluding steroid dienone is 2. The quantitative estimate of drug-likeness (QED) is 0.811. The molecule has 2 aliphatic rings. The van der Waals surface area contributed by atoms with Crippen LogP contribution >= 0.6 is 11.6 Å². The molecule has 0 fully saturated rings. The minimum Gasteiger partial charge on any atom is -0.378 e. The van der Waals surface area contributed by atoms with Crippen molar-refractivity contribution in [3.8, 4) is 0 Å². The Balaban J connectivity index is 1.81. The van der Waals surface area contributed by atoms with E-state index in [-0.39, 0.29) is 17.9 Å². The van der Waals surface area contributed by atoms with E-state index in [4.69, 9.17) is 17.3 Å². The Morgan fingerprint density at radius 3 is 2.78 bits per heavy atom. The molecule has 3 N–H and O–H groups in total. The minimum absolute atomic E-state index is 0.163. The van der Waals surface area contributed by atoms with E-state index in [0.717, 1.165) is 28.3 Å². The summed E-state index contributed by atoms with van der Waals surface area (Å²) < 4.78 is 0. The van der Waals surface area contributed by atoms with Gasteiger partial charge in [-0.2, -0.15) is 0 Å². The number of anilines is 1. The van der Waals surface area contributed by atoms with E-state index in [1.807, 2.05) is 30.3 Å². The molecule has 3 atom stereocenters. The van der Waals surface area contributed by atoms with Gasteiger partial charge in [-0.25, -0.2) is 0 Å². The second kappa shape index (κ2) is 5.43. The monoisotopic (exact) mass is 324 g/mol. The van der Waals surface area contributed by atoms with Crippen LogP contribution in [-0.4, -0.2) is 5.91 Å². The molecule has 0 saturated heterocycles. The highest BCUT2D eigenvalue weighted by atomic mass is 35.5. The molecule has 2 aromatic carbocycles. The Bertz CT molecular complexity index is 815. The van der Waals surface area contributed by atoms with Crippen molar-refractivity contribution in [1.29, 1.82) is 0 Å². The van der Waals surface area contributed by atoms with Crippen LogP contribution in [-0.2, 0) is 0 Å². The number of nitrogens with one attached hydrogen (secondary N) is 1. The average Bonchev–Trinajstić information content (AvgIpc) is 3.04. The van der Waals surface area contributed by atoms with Crippen LogP contribution in [0.15, 0.2) is 54.6 Å². The van der Waals surface area contributed by atoms with Gasteiger partial charge < -0.3 is 11.1 Å². The van der Waals surface area contributed by atoms with Crippen molar-refractivity contribution in [3.05, 3.63) is 76.3 Å². The van der Waals surface area contributed by atoms with Gasteiger partial charge in [0.15, 0.2) is 0 Å². The fraction of sp³-hybridized carbons (Fsp3) is 0.211. The summed E-state index contributed by atoms with van der Waals surface area (Å²) >= 11 is 6.42. The van der Waals surface area contributed by atoms with Gasteiger partial charge in [-0.1, -0.05) is 42.0 Å². The lowest BCUT2D eigenvalue weighted by molar-refractivity contribution is 0.1000. The zero-order chi connectivity index (χ0) is 16.0. The number of primary amides is 1. The molecule has 23 heavy (non-hydrogen) atoms. The molecule has 2 aromatic rings. The first-order valence-electron chi connectivity index (χ1n) is 7.76. The molecule has 4 rings (SSSR count). The molecular formula is C19H17ClN2O. The van der Waals surface area contributed by atoms with E-state index >= 15 is 0 Å². The third-order valence-electron chi connectivity index (χ3n) is 4.89. The second-order valence-electron chi connectivity index (χ2n) is 6.16. The maximum absolute atomic E-state index is 11.5. The highest BCUT2D eigenvalue weighted by Crippen LogP contribution is 2.50. The SMILES string of the molecule is NC(=O)c1ccc2c(c1)C1C=CCC1C(c1ccccc1Cl)N2. The lowest BCUT2D eigenvalue weighted by Gasteiger charge is -2.38. The Morgan fingerprint density at radius 2 is 2.00 bits per heavy atom. The number of amides is 1. The largest absolute Gasteiger partial charge is 0.378 e. The Kier molecular flexibility index (Phi) is 3.38. The van der Waals surface area contributed by atoms with Gasteiger partial charge in [0.25, 0.3) is 0 Å². The van der Waals surface area contributed by atoms with Crippen molar-refractivity contribution >= 4 is 23.2 Å². The van der Waals surface area contributed by atoms with E-state index in [2.05, 4.69) is 23.5 Å². The molecule has 0 aromatic heterocycles. The maximum Gasteiger partial charge on any atom is 0.248 e. The molecule has 116 valence electrons. The van der Waals surface area contributed by atoms with Crippen LogP contribution in [0.25, 0.3) is 0 Å². The summed E-state index contributed by atoms with van der Waals surface area (Å²) in [6.07, 6.45) is 5.44. The number of halogens is 1. The number of carbonyl (C=O) groups is 1. The van der Waals surface area contributed by atoms with Gasteiger partial charge in [-0.05, 0) is 47.7 Å². The van der Waals surface area contributed by atoms with Crippen molar-refractivity contribution in [2.45, 2.75) is 18.4 Å². The zero-order valence-electron chi connectivity index (χ0n) is 12.5. The summed E-state index contributed by atoms with van der Waals surface area (Å²) in [5.41, 5.74) is 9.30. The first-order chi connectivity index (χ1) is 11.1. The smallest absolute Gasteiger partial charge is 0.248 e. The molecule has 0 saturated carbocycles. The van der Waals surface area contributed by atoms with E-state index in [9.17, 15) is 4.79 Å². The normalized spacial score (nSPS) is 24.7. The van der Waals surface area contributed by atoms with Crippen molar-refractivity contribution < 1.29 is 4.79 Å². The zero-order valence-corrected chi connectivity index (χ0v) is 13.3. The van der Waals surface area contributed by atoms with Crippen molar-refractivity contribution in [1.82, 2.24) is 0 Å². The third-order valence-corrected chi connectivity index (χ3v) is 5.23. The van der Waals surface area contributed by atoms with Crippen LogP contribution < -0.4 is 11.1 Å². The summed E-state index contributed by atoms with van der Waals surface area (Å²) in [5.74, 6) is 0.289. The summed E-state index contributed by atoms with van der Waals surface area (Å²) in [6.45, 7) is 0. The van der Waals surface area contributed by atoms with E-state index in [0.29, 0.717) is 11.5 Å². The van der Waals surface area contributed by atoms with Crippen LogP contribution in [0, 0.1) is 5.92 Å². The Hall–Kier alpha value is -2.26. The summed E-state index contributed by atoms with van der Waals surface area (Å²) in [6, 6.07) is 13.8. The molecule has 0 spiro atoms. The average molecular weight is 325 g/mol. The molecule has 0 radical (unpaired) electrons. The van der Waals surface area contributed by atoms with Gasteiger partial charge in [0.2, 0.25) is 5.91 Å². The van der Waals surface area contributed by atoms with Gasteiger partial charge in [-0.15, -0.1) is 0 Å². The van der Waals surface area contributed by atoms with Crippen LogP contribution in [0.5, 0.6) is 0 Å². The number of rotatable bonds is 2. The predicted molar refractivity (Wildman–Crippen MR) is 92.8 cm³/mol. The lowest BCUT2D eigenvalue weighted by Crippen LogP contribution is -2.29. The molecule has 1 heterocycles. The van der Waals surface area contributed by atoms with Gasteiger partial charge in [0.1, 0.15) is 0 Å². The first-order valence-corrected chi connectivity index (χ1v) is 8.14. The maximum atomic E-state index is 11.5. The number of carbonyl (C=O) groups excluding carboxylic acids is 1. The molecule has 3 nitrogen and oxygen atoms in total. The highest BCUT2D eigenvalue weighted by Gasteiger charge is 2.38. The van der Waals surface area contributed by atoms with E-state index in [1.165, 1.54) is 0 Å². The number of benzene rings is 2.